The van der Waals surface area contributed by atoms with Crippen LogP contribution in [0.5, 0.6) is 0 Å². The first-order chi connectivity index (χ1) is 2.81. The largest absolute Gasteiger partial charge is 0.323 e. The zero-order chi connectivity index (χ0) is 4.99. The fourth-order valence-electron chi connectivity index (χ4n) is 0.118. The molecule has 0 saturated heterocycles. The Morgan fingerprint density at radius 1 is 2.00 bits per heavy atom. The first-order valence-corrected chi connectivity index (χ1v) is 2.07. The lowest BCUT2D eigenvalue weighted by molar-refractivity contribution is 0.830. The summed E-state index contributed by atoms with van der Waals surface area (Å²) in [5, 5.41) is 6.56. The van der Waals surface area contributed by atoms with Crippen molar-refractivity contribution in [1.82, 2.24) is 0 Å². The molecule has 0 fully saturated rings. The van der Waals surface area contributed by atoms with Gasteiger partial charge in [0.05, 0.1) is 0 Å². The highest BCUT2D eigenvalue weighted by Gasteiger charge is 1.85. The SMILES string of the molecule is CC[C@H](N)C=N. The van der Waals surface area contributed by atoms with Crippen LogP contribution in [0.1, 0.15) is 13.3 Å². The molecular formula is C4H10N2. The Balaban J connectivity index is 2.96. The molecule has 0 aliphatic rings. The average molecular weight is 86.1 g/mol. The summed E-state index contributed by atoms with van der Waals surface area (Å²) in [6.45, 7) is 1.95. The van der Waals surface area contributed by atoms with Gasteiger partial charge in [-0.15, -0.1) is 0 Å². The van der Waals surface area contributed by atoms with Crippen molar-refractivity contribution < 1.29 is 0 Å². The Morgan fingerprint density at radius 3 is 2.50 bits per heavy atom. The molecule has 0 aromatic heterocycles. The van der Waals surface area contributed by atoms with E-state index in [2.05, 4.69) is 0 Å². The van der Waals surface area contributed by atoms with Crippen LogP contribution < -0.4 is 5.73 Å². The maximum absolute atomic E-state index is 6.56. The van der Waals surface area contributed by atoms with Crippen molar-refractivity contribution in [2.75, 3.05) is 0 Å². The second-order valence-corrected chi connectivity index (χ2v) is 1.24. The van der Waals surface area contributed by atoms with Crippen molar-refractivity contribution >= 4 is 6.21 Å². The van der Waals surface area contributed by atoms with E-state index in [0.29, 0.717) is 0 Å². The van der Waals surface area contributed by atoms with E-state index in [1.807, 2.05) is 6.92 Å². The van der Waals surface area contributed by atoms with E-state index < -0.39 is 0 Å². The van der Waals surface area contributed by atoms with Crippen molar-refractivity contribution in [3.8, 4) is 0 Å². The molecule has 0 rings (SSSR count). The zero-order valence-electron chi connectivity index (χ0n) is 3.94. The average Bonchev–Trinajstić information content (AvgIpc) is 1.65. The minimum atomic E-state index is -0.0231. The smallest absolute Gasteiger partial charge is 0.0389 e. The van der Waals surface area contributed by atoms with Crippen LogP contribution in [-0.4, -0.2) is 12.3 Å². The Morgan fingerprint density at radius 2 is 2.50 bits per heavy atom. The van der Waals surface area contributed by atoms with Crippen LogP contribution in [0.4, 0.5) is 0 Å². The predicted molar refractivity (Wildman–Crippen MR) is 27.1 cm³/mol. The molecule has 0 spiro atoms. The van der Waals surface area contributed by atoms with E-state index in [9.17, 15) is 0 Å². The highest BCUT2D eigenvalue weighted by Crippen LogP contribution is 1.75. The third-order valence-electron chi connectivity index (χ3n) is 0.685. The fraction of sp³-hybridized carbons (Fsp3) is 0.750. The lowest BCUT2D eigenvalue weighted by Gasteiger charge is -1.93. The minimum absolute atomic E-state index is 0.0231. The molecule has 2 nitrogen and oxygen atoms in total. The number of hydrogen-bond acceptors (Lipinski definition) is 2. The standard InChI is InChI=1S/C4H10N2/c1-2-4(6)3-5/h3-5H,2,6H2,1H3/t4-/m0/s1. The summed E-state index contributed by atoms with van der Waals surface area (Å²) in [6, 6.07) is -0.0231. The van der Waals surface area contributed by atoms with Crippen molar-refractivity contribution in [2.24, 2.45) is 5.73 Å². The van der Waals surface area contributed by atoms with E-state index in [4.69, 9.17) is 11.1 Å². The molecule has 0 heterocycles. The molecule has 0 aliphatic heterocycles. The molecule has 2 heteroatoms. The van der Waals surface area contributed by atoms with Gasteiger partial charge in [-0.2, -0.15) is 0 Å². The van der Waals surface area contributed by atoms with Gasteiger partial charge in [-0.1, -0.05) is 6.92 Å². The molecule has 36 valence electrons. The minimum Gasteiger partial charge on any atom is -0.323 e. The molecule has 6 heavy (non-hydrogen) atoms. The van der Waals surface area contributed by atoms with Gasteiger partial charge in [-0.05, 0) is 6.42 Å². The molecule has 1 atom stereocenters. The maximum Gasteiger partial charge on any atom is 0.0389 e. The fourth-order valence-corrected chi connectivity index (χ4v) is 0.118. The number of nitrogens with one attached hydrogen (secondary N) is 1. The maximum atomic E-state index is 6.56. The van der Waals surface area contributed by atoms with E-state index in [0.717, 1.165) is 6.42 Å². The second kappa shape index (κ2) is 2.85. The summed E-state index contributed by atoms with van der Waals surface area (Å²) in [7, 11) is 0. The molecule has 3 N–H and O–H groups in total. The first-order valence-electron chi connectivity index (χ1n) is 2.07. The summed E-state index contributed by atoms with van der Waals surface area (Å²) in [5.41, 5.74) is 5.23. The summed E-state index contributed by atoms with van der Waals surface area (Å²) in [4.78, 5) is 0. The zero-order valence-corrected chi connectivity index (χ0v) is 3.94. The third kappa shape index (κ3) is 1.91. The topological polar surface area (TPSA) is 49.9 Å². The molecule has 0 radical (unpaired) electrons. The van der Waals surface area contributed by atoms with Gasteiger partial charge < -0.3 is 11.1 Å². The second-order valence-electron chi connectivity index (χ2n) is 1.24. The van der Waals surface area contributed by atoms with Crippen LogP contribution in [0.15, 0.2) is 0 Å². The van der Waals surface area contributed by atoms with Crippen molar-refractivity contribution in [2.45, 2.75) is 19.4 Å². The lowest BCUT2D eigenvalue weighted by Crippen LogP contribution is -2.18. The van der Waals surface area contributed by atoms with Crippen LogP contribution in [0.2, 0.25) is 0 Å². The molecule has 0 amide bonds. The Bertz CT molecular complexity index is 42.8. The quantitative estimate of drug-likeness (QED) is 0.469. The molecule has 0 saturated carbocycles. The molecule has 0 aromatic rings. The first kappa shape index (κ1) is 5.63. The number of nitrogens with two attached hydrogens (primary N) is 1. The molecule has 0 bridgehead atoms. The molecule has 0 aromatic carbocycles. The van der Waals surface area contributed by atoms with Crippen LogP contribution in [0.3, 0.4) is 0 Å². The molecular weight excluding hydrogens is 76.1 g/mol. The van der Waals surface area contributed by atoms with E-state index >= 15 is 0 Å². The normalized spacial score (nSPS) is 13.7. The van der Waals surface area contributed by atoms with Gasteiger partial charge >= 0.3 is 0 Å². The summed E-state index contributed by atoms with van der Waals surface area (Å²) in [6.07, 6.45) is 2.11. The Kier molecular flexibility index (Phi) is 2.67. The van der Waals surface area contributed by atoms with Crippen LogP contribution in [-0.2, 0) is 0 Å². The van der Waals surface area contributed by atoms with Crippen molar-refractivity contribution in [1.29, 1.82) is 5.41 Å². The van der Waals surface area contributed by atoms with Gasteiger partial charge in [0.1, 0.15) is 0 Å². The van der Waals surface area contributed by atoms with Crippen molar-refractivity contribution in [3.63, 3.8) is 0 Å². The van der Waals surface area contributed by atoms with Crippen molar-refractivity contribution in [3.05, 3.63) is 0 Å². The lowest BCUT2D eigenvalue weighted by atomic mass is 10.3. The summed E-state index contributed by atoms with van der Waals surface area (Å²) < 4.78 is 0. The van der Waals surface area contributed by atoms with Crippen LogP contribution >= 0.6 is 0 Å². The highest BCUT2D eigenvalue weighted by atomic mass is 14.6. The number of hydrogen-bond donors (Lipinski definition) is 2. The van der Waals surface area contributed by atoms with Crippen LogP contribution in [0, 0.1) is 5.41 Å². The molecule has 0 unspecified atom stereocenters. The van der Waals surface area contributed by atoms with Gasteiger partial charge in [-0.25, -0.2) is 0 Å². The van der Waals surface area contributed by atoms with Crippen LogP contribution in [0.25, 0.3) is 0 Å². The summed E-state index contributed by atoms with van der Waals surface area (Å²) >= 11 is 0. The number of rotatable bonds is 2. The van der Waals surface area contributed by atoms with E-state index in [-0.39, 0.29) is 6.04 Å². The highest BCUT2D eigenvalue weighted by molar-refractivity contribution is 5.59. The van der Waals surface area contributed by atoms with E-state index in [1.165, 1.54) is 6.21 Å². The predicted octanol–water partition coefficient (Wildman–Crippen LogP) is 0.373. The summed E-state index contributed by atoms with van der Waals surface area (Å²) in [5.74, 6) is 0. The monoisotopic (exact) mass is 86.1 g/mol. The van der Waals surface area contributed by atoms with Gasteiger partial charge in [0.15, 0.2) is 0 Å². The Hall–Kier alpha value is -0.370. The van der Waals surface area contributed by atoms with Gasteiger partial charge in [-0.3, -0.25) is 0 Å². The third-order valence-corrected chi connectivity index (χ3v) is 0.685. The van der Waals surface area contributed by atoms with Gasteiger partial charge in [0.25, 0.3) is 0 Å². The van der Waals surface area contributed by atoms with Gasteiger partial charge in [0, 0.05) is 12.3 Å². The Labute approximate surface area is 37.9 Å². The molecule has 0 aliphatic carbocycles. The van der Waals surface area contributed by atoms with Gasteiger partial charge in [0.2, 0.25) is 0 Å². The van der Waals surface area contributed by atoms with E-state index in [1.54, 1.807) is 0 Å².